The quantitative estimate of drug-likeness (QED) is 0.426. The fraction of sp³-hybridized carbons (Fsp3) is 0.321. The Bertz CT molecular complexity index is 1020. The molecule has 1 aliphatic heterocycles. The number of allylic oxidation sites excluding steroid dienone is 4. The number of nitrogens with zero attached hydrogens (tertiary/aromatic N) is 2. The lowest BCUT2D eigenvalue weighted by atomic mass is 9.92. The standard InChI is InChI=1S/C28H34N2O2/c1-6-11-21(7-2)27(8-3)28(31)30-19-23-13-10-9-12-22(23)18-25(30)20-32-26-16-14-24(15-17-26)29(4)5/h6-17,25H,18-20H2,1-5H3/b11-6-,21-7+,27-8+/t25-/m0/s1. The van der Waals surface area contributed by atoms with Crippen molar-refractivity contribution in [1.82, 2.24) is 4.90 Å². The summed E-state index contributed by atoms with van der Waals surface area (Å²) in [6.07, 6.45) is 8.64. The van der Waals surface area contributed by atoms with E-state index in [1.807, 2.05) is 94.4 Å². The first kappa shape index (κ1) is 23.4. The van der Waals surface area contributed by atoms with Crippen molar-refractivity contribution in [3.63, 3.8) is 0 Å². The van der Waals surface area contributed by atoms with Crippen molar-refractivity contribution in [2.45, 2.75) is 39.8 Å². The maximum Gasteiger partial charge on any atom is 0.254 e. The molecule has 4 nitrogen and oxygen atoms in total. The highest BCUT2D eigenvalue weighted by molar-refractivity contribution is 5.98. The molecule has 0 saturated heterocycles. The Labute approximate surface area is 192 Å². The van der Waals surface area contributed by atoms with E-state index in [0.717, 1.165) is 29.0 Å². The first-order chi connectivity index (χ1) is 15.5. The molecule has 2 aromatic carbocycles. The molecule has 1 amide bonds. The largest absolute Gasteiger partial charge is 0.491 e. The van der Waals surface area contributed by atoms with E-state index < -0.39 is 0 Å². The highest BCUT2D eigenvalue weighted by Crippen LogP contribution is 2.28. The summed E-state index contributed by atoms with van der Waals surface area (Å²) in [4.78, 5) is 17.7. The van der Waals surface area contributed by atoms with Crippen molar-refractivity contribution in [3.05, 3.63) is 95.1 Å². The number of benzene rings is 2. The summed E-state index contributed by atoms with van der Waals surface area (Å²) in [5, 5.41) is 0. The number of amides is 1. The van der Waals surface area contributed by atoms with Gasteiger partial charge < -0.3 is 14.5 Å². The topological polar surface area (TPSA) is 32.8 Å². The van der Waals surface area contributed by atoms with Crippen LogP contribution in [0.4, 0.5) is 5.69 Å². The minimum absolute atomic E-state index is 0.0374. The van der Waals surface area contributed by atoms with Crippen molar-refractivity contribution in [2.75, 3.05) is 25.6 Å². The number of anilines is 1. The van der Waals surface area contributed by atoms with E-state index in [1.165, 1.54) is 11.1 Å². The zero-order valence-electron chi connectivity index (χ0n) is 19.8. The third-order valence-corrected chi connectivity index (χ3v) is 5.90. The van der Waals surface area contributed by atoms with E-state index in [2.05, 4.69) is 23.1 Å². The first-order valence-corrected chi connectivity index (χ1v) is 11.2. The summed E-state index contributed by atoms with van der Waals surface area (Å²) < 4.78 is 6.16. The van der Waals surface area contributed by atoms with Gasteiger partial charge in [0.05, 0.1) is 6.04 Å². The van der Waals surface area contributed by atoms with Crippen molar-refractivity contribution < 1.29 is 9.53 Å². The Morgan fingerprint density at radius 2 is 1.72 bits per heavy atom. The van der Waals surface area contributed by atoms with Gasteiger partial charge in [-0.25, -0.2) is 0 Å². The fourth-order valence-electron chi connectivity index (χ4n) is 4.10. The number of carbonyl (C=O) groups excluding carboxylic acids is 1. The van der Waals surface area contributed by atoms with Crippen LogP contribution in [0.1, 0.15) is 31.9 Å². The van der Waals surface area contributed by atoms with Crippen molar-refractivity contribution in [1.29, 1.82) is 0 Å². The zero-order valence-corrected chi connectivity index (χ0v) is 19.8. The van der Waals surface area contributed by atoms with Gasteiger partial charge in [0.15, 0.2) is 0 Å². The highest BCUT2D eigenvalue weighted by Gasteiger charge is 2.32. The monoisotopic (exact) mass is 430 g/mol. The molecule has 4 heteroatoms. The maximum absolute atomic E-state index is 13.7. The minimum Gasteiger partial charge on any atom is -0.491 e. The molecule has 0 spiro atoms. The third-order valence-electron chi connectivity index (χ3n) is 5.90. The summed E-state index contributed by atoms with van der Waals surface area (Å²) in [7, 11) is 4.04. The molecule has 1 heterocycles. The van der Waals surface area contributed by atoms with Gasteiger partial charge in [-0.2, -0.15) is 0 Å². The van der Waals surface area contributed by atoms with Crippen LogP contribution >= 0.6 is 0 Å². The summed E-state index contributed by atoms with van der Waals surface area (Å²) in [6, 6.07) is 16.4. The van der Waals surface area contributed by atoms with Crippen molar-refractivity contribution in [3.8, 4) is 5.75 Å². The summed E-state index contributed by atoms with van der Waals surface area (Å²) >= 11 is 0. The summed E-state index contributed by atoms with van der Waals surface area (Å²) in [5.74, 6) is 0.862. The molecule has 0 fully saturated rings. The Morgan fingerprint density at radius 3 is 2.31 bits per heavy atom. The Kier molecular flexibility index (Phi) is 7.93. The molecule has 1 atom stereocenters. The van der Waals surface area contributed by atoms with Gasteiger partial charge in [0.1, 0.15) is 12.4 Å². The van der Waals surface area contributed by atoms with Gasteiger partial charge in [-0.3, -0.25) is 4.79 Å². The normalized spacial score (nSPS) is 16.8. The predicted octanol–water partition coefficient (Wildman–Crippen LogP) is 5.55. The maximum atomic E-state index is 13.7. The van der Waals surface area contributed by atoms with Gasteiger partial charge in [0, 0.05) is 31.9 Å². The SMILES string of the molecule is C\C=C/C(=C\C)C(=C\C)/C(=O)N1Cc2ccccc2C[C@H]1COc1ccc(N(C)C)cc1. The number of ether oxygens (including phenoxy) is 1. The minimum atomic E-state index is -0.0374. The molecule has 0 unspecified atom stereocenters. The molecule has 0 aromatic heterocycles. The van der Waals surface area contributed by atoms with E-state index in [9.17, 15) is 4.79 Å². The smallest absolute Gasteiger partial charge is 0.254 e. The van der Waals surface area contributed by atoms with E-state index in [0.29, 0.717) is 13.2 Å². The molecule has 1 aliphatic rings. The van der Waals surface area contributed by atoms with Gasteiger partial charge in [0.25, 0.3) is 5.91 Å². The molecule has 0 N–H and O–H groups in total. The van der Waals surface area contributed by atoms with Gasteiger partial charge in [-0.15, -0.1) is 0 Å². The Morgan fingerprint density at radius 1 is 1.03 bits per heavy atom. The predicted molar refractivity (Wildman–Crippen MR) is 133 cm³/mol. The highest BCUT2D eigenvalue weighted by atomic mass is 16.5. The van der Waals surface area contributed by atoms with Gasteiger partial charge in [-0.05, 0) is 68.2 Å². The van der Waals surface area contributed by atoms with Crippen molar-refractivity contribution in [2.24, 2.45) is 0 Å². The van der Waals surface area contributed by atoms with Gasteiger partial charge >= 0.3 is 0 Å². The number of rotatable bonds is 7. The van der Waals surface area contributed by atoms with Crippen molar-refractivity contribution >= 4 is 11.6 Å². The van der Waals surface area contributed by atoms with Crippen LogP contribution in [0.15, 0.2) is 84.0 Å². The van der Waals surface area contributed by atoms with Crippen LogP contribution in [-0.2, 0) is 17.8 Å². The van der Waals surface area contributed by atoms with Crippen LogP contribution in [0.5, 0.6) is 5.75 Å². The molecule has 3 rings (SSSR count). The van der Waals surface area contributed by atoms with Crippen LogP contribution in [-0.4, -0.2) is 37.6 Å². The molecule has 0 radical (unpaired) electrons. The van der Waals surface area contributed by atoms with E-state index in [-0.39, 0.29) is 11.9 Å². The van der Waals surface area contributed by atoms with Crippen LogP contribution in [0.3, 0.4) is 0 Å². The van der Waals surface area contributed by atoms with E-state index >= 15 is 0 Å². The van der Waals surface area contributed by atoms with Crippen LogP contribution in [0, 0.1) is 0 Å². The Hall–Kier alpha value is -3.27. The lowest BCUT2D eigenvalue weighted by Gasteiger charge is -2.37. The van der Waals surface area contributed by atoms with Gasteiger partial charge in [0.2, 0.25) is 0 Å². The summed E-state index contributed by atoms with van der Waals surface area (Å²) in [5.41, 5.74) is 5.29. The average molecular weight is 431 g/mol. The molecular weight excluding hydrogens is 396 g/mol. The van der Waals surface area contributed by atoms with E-state index in [4.69, 9.17) is 4.74 Å². The molecule has 32 heavy (non-hydrogen) atoms. The number of carbonyl (C=O) groups is 1. The molecule has 0 saturated carbocycles. The molecule has 0 bridgehead atoms. The first-order valence-electron chi connectivity index (χ1n) is 11.2. The van der Waals surface area contributed by atoms with Crippen LogP contribution in [0.2, 0.25) is 0 Å². The lowest BCUT2D eigenvalue weighted by Crippen LogP contribution is -2.48. The zero-order chi connectivity index (χ0) is 23.1. The Balaban J connectivity index is 1.85. The second-order valence-electron chi connectivity index (χ2n) is 8.21. The number of fused-ring (bicyclic) bond motifs is 1. The second-order valence-corrected chi connectivity index (χ2v) is 8.21. The fourth-order valence-corrected chi connectivity index (χ4v) is 4.10. The molecule has 168 valence electrons. The average Bonchev–Trinajstić information content (AvgIpc) is 2.82. The van der Waals surface area contributed by atoms with Gasteiger partial charge in [-0.1, -0.05) is 48.6 Å². The number of hydrogen-bond donors (Lipinski definition) is 0. The summed E-state index contributed by atoms with van der Waals surface area (Å²) in [6.45, 7) is 6.90. The third kappa shape index (κ3) is 5.31. The van der Waals surface area contributed by atoms with Crippen LogP contribution < -0.4 is 9.64 Å². The molecule has 0 aliphatic carbocycles. The second kappa shape index (κ2) is 10.9. The molecular formula is C28H34N2O2. The van der Waals surface area contributed by atoms with Crippen LogP contribution in [0.25, 0.3) is 0 Å². The lowest BCUT2D eigenvalue weighted by molar-refractivity contribution is -0.131. The number of hydrogen-bond acceptors (Lipinski definition) is 3. The van der Waals surface area contributed by atoms with E-state index in [1.54, 1.807) is 0 Å². The molecule has 2 aromatic rings.